The lowest BCUT2D eigenvalue weighted by molar-refractivity contribution is 0.114. The molecule has 0 aliphatic carbocycles. The van der Waals surface area contributed by atoms with E-state index in [1.54, 1.807) is 19.2 Å². The van der Waals surface area contributed by atoms with Crippen molar-refractivity contribution in [3.8, 4) is 0 Å². The fourth-order valence-electron chi connectivity index (χ4n) is 2.94. The molecule has 152 valence electrons. The van der Waals surface area contributed by atoms with Crippen molar-refractivity contribution < 1.29 is 13.2 Å². The number of rotatable bonds is 9. The van der Waals surface area contributed by atoms with Gasteiger partial charge in [0.2, 0.25) is 10.0 Å². The number of sulfonamides is 1. The fourth-order valence-corrected chi connectivity index (χ4v) is 4.01. The molecule has 1 unspecified atom stereocenters. The first-order valence-corrected chi connectivity index (χ1v) is 11.1. The average Bonchev–Trinajstić information content (AvgIpc) is 3.19. The minimum absolute atomic E-state index is 0.0142. The maximum absolute atomic E-state index is 12.4. The van der Waals surface area contributed by atoms with Crippen LogP contribution < -0.4 is 10.0 Å². The molecule has 0 aromatic heterocycles. The molecule has 1 aromatic rings. The normalized spacial score (nSPS) is 17.9. The van der Waals surface area contributed by atoms with Crippen molar-refractivity contribution in [2.24, 2.45) is 4.99 Å². The molecule has 1 atom stereocenters. The van der Waals surface area contributed by atoms with Crippen molar-refractivity contribution in [2.45, 2.75) is 50.2 Å². The second-order valence-corrected chi connectivity index (χ2v) is 8.57. The van der Waals surface area contributed by atoms with Crippen LogP contribution in [0.3, 0.4) is 0 Å². The molecule has 27 heavy (non-hydrogen) atoms. The van der Waals surface area contributed by atoms with Crippen LogP contribution in [0.15, 0.2) is 34.2 Å². The Labute approximate surface area is 163 Å². The molecular weight excluding hydrogens is 364 g/mol. The largest absolute Gasteiger partial charge is 0.377 e. The van der Waals surface area contributed by atoms with E-state index >= 15 is 0 Å². The van der Waals surface area contributed by atoms with E-state index in [-0.39, 0.29) is 11.0 Å². The van der Waals surface area contributed by atoms with Crippen LogP contribution in [0.4, 0.5) is 0 Å². The Hall–Kier alpha value is -1.64. The van der Waals surface area contributed by atoms with Gasteiger partial charge in [-0.15, -0.1) is 0 Å². The lowest BCUT2D eigenvalue weighted by Gasteiger charge is -2.21. The van der Waals surface area contributed by atoms with E-state index in [2.05, 4.69) is 26.9 Å². The van der Waals surface area contributed by atoms with Crippen LogP contribution in [0, 0.1) is 0 Å². The lowest BCUT2D eigenvalue weighted by Crippen LogP contribution is -2.38. The summed E-state index contributed by atoms with van der Waals surface area (Å²) in [5.74, 6) is 0.832. The summed E-state index contributed by atoms with van der Waals surface area (Å²) in [6.07, 6.45) is 4.13. The van der Waals surface area contributed by atoms with Gasteiger partial charge in [0, 0.05) is 40.3 Å². The molecule has 1 aliphatic rings. The van der Waals surface area contributed by atoms with Gasteiger partial charge in [-0.25, -0.2) is 13.1 Å². The quantitative estimate of drug-likeness (QED) is 0.492. The summed E-state index contributed by atoms with van der Waals surface area (Å²) >= 11 is 0. The molecule has 0 spiro atoms. The SMILES string of the molecule is CCCCN(C)C(=NC)NCc1ccc(S(=O)(=O)NCC2CCCO2)cc1. The first-order valence-electron chi connectivity index (χ1n) is 9.58. The Kier molecular flexibility index (Phi) is 8.53. The molecule has 2 rings (SSSR count). The Morgan fingerprint density at radius 2 is 2.07 bits per heavy atom. The molecule has 8 heteroatoms. The molecular formula is C19H32N4O3S. The third-order valence-corrected chi connectivity index (χ3v) is 6.07. The van der Waals surface area contributed by atoms with Crippen LogP contribution in [0.5, 0.6) is 0 Å². The van der Waals surface area contributed by atoms with Crippen LogP contribution in [-0.2, 0) is 21.3 Å². The third kappa shape index (κ3) is 6.79. The minimum atomic E-state index is -3.51. The predicted molar refractivity (Wildman–Crippen MR) is 108 cm³/mol. The van der Waals surface area contributed by atoms with E-state index in [1.165, 1.54) is 0 Å². The Morgan fingerprint density at radius 3 is 2.67 bits per heavy atom. The summed E-state index contributed by atoms with van der Waals surface area (Å²) in [5.41, 5.74) is 0.998. The number of ether oxygens (including phenoxy) is 1. The van der Waals surface area contributed by atoms with E-state index < -0.39 is 10.0 Å². The molecule has 0 saturated carbocycles. The fraction of sp³-hybridized carbons (Fsp3) is 0.632. The zero-order valence-electron chi connectivity index (χ0n) is 16.6. The summed E-state index contributed by atoms with van der Waals surface area (Å²) < 4.78 is 32.9. The molecule has 1 saturated heterocycles. The highest BCUT2D eigenvalue weighted by Gasteiger charge is 2.20. The van der Waals surface area contributed by atoms with Gasteiger partial charge >= 0.3 is 0 Å². The standard InChI is InChI=1S/C19H32N4O3S/c1-4-5-12-23(3)19(20-2)21-14-16-8-10-18(11-9-16)27(24,25)22-15-17-7-6-13-26-17/h8-11,17,22H,4-7,12-15H2,1-3H3,(H,20,21). The summed E-state index contributed by atoms with van der Waals surface area (Å²) in [7, 11) is 0.272. The number of nitrogens with one attached hydrogen (secondary N) is 2. The zero-order valence-corrected chi connectivity index (χ0v) is 17.4. The Morgan fingerprint density at radius 1 is 1.33 bits per heavy atom. The highest BCUT2D eigenvalue weighted by atomic mass is 32.2. The third-order valence-electron chi connectivity index (χ3n) is 4.63. The van der Waals surface area contributed by atoms with Gasteiger partial charge in [-0.3, -0.25) is 4.99 Å². The topological polar surface area (TPSA) is 83.0 Å². The van der Waals surface area contributed by atoms with Gasteiger partial charge in [0.05, 0.1) is 11.0 Å². The molecule has 1 aromatic carbocycles. The van der Waals surface area contributed by atoms with Crippen molar-refractivity contribution in [1.29, 1.82) is 0 Å². The summed E-state index contributed by atoms with van der Waals surface area (Å²) in [5, 5.41) is 3.31. The van der Waals surface area contributed by atoms with Gasteiger partial charge in [0.25, 0.3) is 0 Å². The number of unbranched alkanes of at least 4 members (excludes halogenated alkanes) is 1. The van der Waals surface area contributed by atoms with Crippen molar-refractivity contribution in [1.82, 2.24) is 14.9 Å². The van der Waals surface area contributed by atoms with Gasteiger partial charge in [-0.1, -0.05) is 25.5 Å². The summed E-state index contributed by atoms with van der Waals surface area (Å²) in [6, 6.07) is 6.93. The molecule has 2 N–H and O–H groups in total. The van der Waals surface area contributed by atoms with E-state index in [0.29, 0.717) is 19.7 Å². The van der Waals surface area contributed by atoms with E-state index in [0.717, 1.165) is 43.8 Å². The Balaban J connectivity index is 1.88. The number of hydrogen-bond acceptors (Lipinski definition) is 4. The number of aliphatic imine (C=N–C) groups is 1. The predicted octanol–water partition coefficient (Wildman–Crippen LogP) is 1.95. The van der Waals surface area contributed by atoms with E-state index in [4.69, 9.17) is 4.74 Å². The number of nitrogens with zero attached hydrogens (tertiary/aromatic N) is 2. The van der Waals surface area contributed by atoms with Gasteiger partial charge in [0.1, 0.15) is 0 Å². The lowest BCUT2D eigenvalue weighted by atomic mass is 10.2. The first-order chi connectivity index (χ1) is 13.0. The second-order valence-electron chi connectivity index (χ2n) is 6.81. The maximum Gasteiger partial charge on any atom is 0.240 e. The molecule has 7 nitrogen and oxygen atoms in total. The van der Waals surface area contributed by atoms with Crippen LogP contribution >= 0.6 is 0 Å². The van der Waals surface area contributed by atoms with Crippen LogP contribution in [0.25, 0.3) is 0 Å². The van der Waals surface area contributed by atoms with E-state index in [1.807, 2.05) is 19.2 Å². The number of benzene rings is 1. The average molecular weight is 397 g/mol. The van der Waals surface area contributed by atoms with Crippen molar-refractivity contribution in [3.05, 3.63) is 29.8 Å². The summed E-state index contributed by atoms with van der Waals surface area (Å²) in [6.45, 7) is 4.74. The second kappa shape index (κ2) is 10.6. The number of guanidine groups is 1. The molecule has 0 bridgehead atoms. The first kappa shape index (κ1) is 21.7. The molecule has 1 fully saturated rings. The zero-order chi connectivity index (χ0) is 19.7. The van der Waals surface area contributed by atoms with Crippen molar-refractivity contribution in [3.63, 3.8) is 0 Å². The summed E-state index contributed by atoms with van der Waals surface area (Å²) in [4.78, 5) is 6.66. The molecule has 1 heterocycles. The van der Waals surface area contributed by atoms with Crippen LogP contribution in [-0.4, -0.2) is 59.2 Å². The van der Waals surface area contributed by atoms with Gasteiger partial charge in [-0.05, 0) is 37.0 Å². The van der Waals surface area contributed by atoms with Gasteiger partial charge in [0.15, 0.2) is 5.96 Å². The highest BCUT2D eigenvalue weighted by Crippen LogP contribution is 2.14. The van der Waals surface area contributed by atoms with Crippen molar-refractivity contribution >= 4 is 16.0 Å². The molecule has 0 radical (unpaired) electrons. The van der Waals surface area contributed by atoms with E-state index in [9.17, 15) is 8.42 Å². The van der Waals surface area contributed by atoms with Gasteiger partial charge in [-0.2, -0.15) is 0 Å². The van der Waals surface area contributed by atoms with Crippen LogP contribution in [0.2, 0.25) is 0 Å². The monoisotopic (exact) mass is 396 g/mol. The molecule has 0 amide bonds. The Bertz CT molecular complexity index is 698. The number of hydrogen-bond donors (Lipinski definition) is 2. The highest BCUT2D eigenvalue weighted by molar-refractivity contribution is 7.89. The maximum atomic E-state index is 12.4. The van der Waals surface area contributed by atoms with Crippen LogP contribution in [0.1, 0.15) is 38.2 Å². The van der Waals surface area contributed by atoms with Gasteiger partial charge < -0.3 is 15.0 Å². The minimum Gasteiger partial charge on any atom is -0.377 e. The molecule has 1 aliphatic heterocycles. The smallest absolute Gasteiger partial charge is 0.240 e. The van der Waals surface area contributed by atoms with Crippen molar-refractivity contribution in [2.75, 3.05) is 33.8 Å².